The molecule has 2 aromatic heterocycles. The summed E-state index contributed by atoms with van der Waals surface area (Å²) >= 11 is 0. The van der Waals surface area contributed by atoms with Crippen molar-refractivity contribution in [1.82, 2.24) is 19.4 Å². The van der Waals surface area contributed by atoms with E-state index in [9.17, 15) is 4.79 Å². The molecule has 1 atom stereocenters. The lowest BCUT2D eigenvalue weighted by molar-refractivity contribution is -0.135. The van der Waals surface area contributed by atoms with Crippen LogP contribution in [0.3, 0.4) is 0 Å². The van der Waals surface area contributed by atoms with E-state index in [1.165, 1.54) is 50.8 Å². The first-order valence-electron chi connectivity index (χ1n) is 10.9. The number of aromatic nitrogens is 3. The Hall–Kier alpha value is -1.91. The van der Waals surface area contributed by atoms with Crippen LogP contribution in [-0.2, 0) is 4.79 Å². The molecule has 3 heterocycles. The van der Waals surface area contributed by atoms with Crippen molar-refractivity contribution in [3.05, 3.63) is 24.2 Å². The molecule has 2 aliphatic carbocycles. The summed E-state index contributed by atoms with van der Waals surface area (Å²) in [6.07, 6.45) is 13.9. The third-order valence-corrected chi connectivity index (χ3v) is 6.99. The number of hydrogen-bond acceptors (Lipinski definition) is 3. The van der Waals surface area contributed by atoms with Crippen molar-refractivity contribution in [2.24, 2.45) is 5.92 Å². The molecule has 5 nitrogen and oxygen atoms in total. The number of amides is 1. The zero-order chi connectivity index (χ0) is 18.2. The molecule has 5 rings (SSSR count). The van der Waals surface area contributed by atoms with Gasteiger partial charge in [-0.2, -0.15) is 0 Å². The molecular formula is C22H30N4O. The number of imidazole rings is 1. The average molecular weight is 367 g/mol. The molecule has 0 radical (unpaired) electrons. The molecule has 0 aromatic carbocycles. The van der Waals surface area contributed by atoms with Crippen molar-refractivity contribution in [3.63, 3.8) is 0 Å². The zero-order valence-corrected chi connectivity index (χ0v) is 16.1. The molecule has 2 saturated carbocycles. The molecule has 0 unspecified atom stereocenters. The second-order valence-corrected chi connectivity index (χ2v) is 8.73. The Bertz CT molecular complexity index is 817. The Kier molecular flexibility index (Phi) is 4.62. The van der Waals surface area contributed by atoms with Crippen molar-refractivity contribution in [3.8, 4) is 0 Å². The van der Waals surface area contributed by atoms with Gasteiger partial charge < -0.3 is 9.47 Å². The first kappa shape index (κ1) is 17.2. The second-order valence-electron chi connectivity index (χ2n) is 8.73. The third-order valence-electron chi connectivity index (χ3n) is 6.99. The maximum atomic E-state index is 13.0. The van der Waals surface area contributed by atoms with Gasteiger partial charge in [-0.3, -0.25) is 4.79 Å². The first-order chi connectivity index (χ1) is 13.3. The second kappa shape index (κ2) is 7.25. The van der Waals surface area contributed by atoms with E-state index in [2.05, 4.69) is 20.5 Å². The Morgan fingerprint density at radius 3 is 2.59 bits per heavy atom. The smallest absolute Gasteiger partial charge is 0.225 e. The van der Waals surface area contributed by atoms with Crippen molar-refractivity contribution >= 4 is 17.1 Å². The summed E-state index contributed by atoms with van der Waals surface area (Å²) in [5.74, 6) is 2.45. The molecule has 1 aliphatic heterocycles. The van der Waals surface area contributed by atoms with E-state index >= 15 is 0 Å². The van der Waals surface area contributed by atoms with Gasteiger partial charge in [-0.25, -0.2) is 9.97 Å². The van der Waals surface area contributed by atoms with E-state index in [-0.39, 0.29) is 5.92 Å². The quantitative estimate of drug-likeness (QED) is 0.807. The first-order valence-corrected chi connectivity index (χ1v) is 10.9. The van der Waals surface area contributed by atoms with Crippen LogP contribution in [0.5, 0.6) is 0 Å². The fourth-order valence-corrected chi connectivity index (χ4v) is 5.54. The van der Waals surface area contributed by atoms with Crippen LogP contribution in [0, 0.1) is 5.92 Å². The van der Waals surface area contributed by atoms with Gasteiger partial charge >= 0.3 is 0 Å². The summed E-state index contributed by atoms with van der Waals surface area (Å²) in [6, 6.07) is 4.39. The summed E-state index contributed by atoms with van der Waals surface area (Å²) in [5, 5.41) is 0. The highest BCUT2D eigenvalue weighted by Crippen LogP contribution is 2.38. The predicted octanol–water partition coefficient (Wildman–Crippen LogP) is 4.44. The Morgan fingerprint density at radius 1 is 1.00 bits per heavy atom. The van der Waals surface area contributed by atoms with E-state index in [1.807, 2.05) is 12.3 Å². The number of carbonyl (C=O) groups is 1. The molecule has 5 heteroatoms. The fraction of sp³-hybridized carbons (Fsp3) is 0.682. The van der Waals surface area contributed by atoms with Crippen molar-refractivity contribution in [2.75, 3.05) is 13.1 Å². The number of rotatable bonds is 3. The van der Waals surface area contributed by atoms with Crippen molar-refractivity contribution in [2.45, 2.75) is 76.2 Å². The van der Waals surface area contributed by atoms with Gasteiger partial charge in [-0.05, 0) is 44.2 Å². The summed E-state index contributed by atoms with van der Waals surface area (Å²) in [7, 11) is 0. The number of carbonyl (C=O) groups excluding carboxylic acids is 1. The SMILES string of the molecule is O=C(C1CCCCC1)N1CC[C@H](n2c(C3CCCC3)nc3cccnc32)C1. The standard InChI is InChI=1S/C22H30N4O/c27-22(17-9-2-1-3-10-17)25-14-12-18(15-25)26-20(16-7-4-5-8-16)24-19-11-6-13-23-21(19)26/h6,11,13,16-18H,1-5,7-10,12,14-15H2/t18-/m0/s1. The Balaban J connectivity index is 1.42. The lowest BCUT2D eigenvalue weighted by Gasteiger charge is -2.26. The molecule has 1 saturated heterocycles. The number of hydrogen-bond donors (Lipinski definition) is 0. The molecule has 2 aromatic rings. The lowest BCUT2D eigenvalue weighted by Crippen LogP contribution is -2.35. The predicted molar refractivity (Wildman–Crippen MR) is 106 cm³/mol. The number of fused-ring (bicyclic) bond motifs is 1. The van der Waals surface area contributed by atoms with Gasteiger partial charge in [0.1, 0.15) is 11.3 Å². The van der Waals surface area contributed by atoms with Crippen molar-refractivity contribution < 1.29 is 4.79 Å². The minimum Gasteiger partial charge on any atom is -0.340 e. The van der Waals surface area contributed by atoms with Crippen LogP contribution in [0.25, 0.3) is 11.2 Å². The Morgan fingerprint density at radius 2 is 1.78 bits per heavy atom. The molecule has 0 spiro atoms. The van der Waals surface area contributed by atoms with Crippen LogP contribution >= 0.6 is 0 Å². The third kappa shape index (κ3) is 3.15. The van der Waals surface area contributed by atoms with Gasteiger partial charge in [-0.1, -0.05) is 32.1 Å². The highest BCUT2D eigenvalue weighted by molar-refractivity contribution is 5.79. The monoisotopic (exact) mass is 366 g/mol. The van der Waals surface area contributed by atoms with Gasteiger partial charge in [0.15, 0.2) is 5.65 Å². The average Bonchev–Trinajstić information content (AvgIpc) is 3.46. The van der Waals surface area contributed by atoms with E-state index in [0.717, 1.165) is 43.5 Å². The topological polar surface area (TPSA) is 51.0 Å². The van der Waals surface area contributed by atoms with Gasteiger partial charge in [-0.15, -0.1) is 0 Å². The molecule has 3 aliphatic rings. The molecule has 0 N–H and O–H groups in total. The van der Waals surface area contributed by atoms with Gasteiger partial charge in [0.25, 0.3) is 0 Å². The minimum atomic E-state index is 0.268. The molecule has 3 fully saturated rings. The summed E-state index contributed by atoms with van der Waals surface area (Å²) in [6.45, 7) is 1.72. The highest BCUT2D eigenvalue weighted by Gasteiger charge is 2.35. The van der Waals surface area contributed by atoms with Gasteiger partial charge in [0, 0.05) is 31.1 Å². The van der Waals surface area contributed by atoms with Crippen LogP contribution in [0.4, 0.5) is 0 Å². The van der Waals surface area contributed by atoms with E-state index < -0.39 is 0 Å². The van der Waals surface area contributed by atoms with Crippen LogP contribution in [0.15, 0.2) is 18.3 Å². The van der Waals surface area contributed by atoms with Gasteiger partial charge in [0.2, 0.25) is 5.91 Å². The number of pyridine rings is 1. The highest BCUT2D eigenvalue weighted by atomic mass is 16.2. The molecular weight excluding hydrogens is 336 g/mol. The Labute approximate surface area is 161 Å². The molecule has 0 bridgehead atoms. The largest absolute Gasteiger partial charge is 0.340 e. The molecule has 1 amide bonds. The molecule has 27 heavy (non-hydrogen) atoms. The van der Waals surface area contributed by atoms with E-state index in [4.69, 9.17) is 4.98 Å². The summed E-state index contributed by atoms with van der Waals surface area (Å²) in [4.78, 5) is 24.8. The maximum Gasteiger partial charge on any atom is 0.225 e. The van der Waals surface area contributed by atoms with Crippen LogP contribution in [-0.4, -0.2) is 38.4 Å². The molecule has 144 valence electrons. The van der Waals surface area contributed by atoms with Crippen molar-refractivity contribution in [1.29, 1.82) is 0 Å². The van der Waals surface area contributed by atoms with Crippen LogP contribution in [0.1, 0.15) is 82.0 Å². The summed E-state index contributed by atoms with van der Waals surface area (Å²) < 4.78 is 2.40. The minimum absolute atomic E-state index is 0.268. The fourth-order valence-electron chi connectivity index (χ4n) is 5.54. The van der Waals surface area contributed by atoms with Crippen LogP contribution < -0.4 is 0 Å². The van der Waals surface area contributed by atoms with E-state index in [0.29, 0.717) is 17.9 Å². The van der Waals surface area contributed by atoms with Gasteiger partial charge in [0.05, 0.1) is 6.04 Å². The van der Waals surface area contributed by atoms with Crippen LogP contribution in [0.2, 0.25) is 0 Å². The zero-order valence-electron chi connectivity index (χ0n) is 16.1. The normalized spacial score (nSPS) is 24.9. The van der Waals surface area contributed by atoms with E-state index in [1.54, 1.807) is 0 Å². The number of likely N-dealkylation sites (tertiary alicyclic amines) is 1. The lowest BCUT2D eigenvalue weighted by atomic mass is 9.88. The summed E-state index contributed by atoms with van der Waals surface area (Å²) in [5.41, 5.74) is 2.02. The number of nitrogens with zero attached hydrogens (tertiary/aromatic N) is 4. The maximum absolute atomic E-state index is 13.0.